The van der Waals surface area contributed by atoms with Gasteiger partial charge in [0.05, 0.1) is 17.8 Å². The molecule has 0 radical (unpaired) electrons. The molecule has 6 heteroatoms. The summed E-state index contributed by atoms with van der Waals surface area (Å²) in [6.07, 6.45) is 1.80. The second kappa shape index (κ2) is 6.32. The van der Waals surface area contributed by atoms with Crippen LogP contribution in [-0.4, -0.2) is 46.4 Å². The van der Waals surface area contributed by atoms with E-state index in [-0.39, 0.29) is 17.7 Å². The quantitative estimate of drug-likeness (QED) is 0.670. The highest BCUT2D eigenvalue weighted by Gasteiger charge is 2.36. The van der Waals surface area contributed by atoms with E-state index in [1.807, 2.05) is 24.3 Å². The summed E-state index contributed by atoms with van der Waals surface area (Å²) in [4.78, 5) is 33.2. The average molecular weight is 361 g/mol. The van der Waals surface area contributed by atoms with Gasteiger partial charge in [-0.15, -0.1) is 0 Å². The van der Waals surface area contributed by atoms with E-state index in [1.54, 1.807) is 24.3 Å². The van der Waals surface area contributed by atoms with E-state index in [0.717, 1.165) is 42.9 Å². The maximum absolute atomic E-state index is 12.5. The fraction of sp³-hybridized carbons (Fsp3) is 0.286. The molecule has 2 aliphatic heterocycles. The van der Waals surface area contributed by atoms with Gasteiger partial charge >= 0.3 is 0 Å². The maximum atomic E-state index is 12.5. The van der Waals surface area contributed by atoms with Crippen LogP contribution in [0.1, 0.15) is 45.4 Å². The van der Waals surface area contributed by atoms with Crippen molar-refractivity contribution in [1.29, 1.82) is 0 Å². The molecule has 3 heterocycles. The lowest BCUT2D eigenvalue weighted by Gasteiger charge is -2.32. The highest BCUT2D eigenvalue weighted by molar-refractivity contribution is 6.21. The number of hydrogen-bond acceptors (Lipinski definition) is 5. The first-order valence-corrected chi connectivity index (χ1v) is 9.24. The van der Waals surface area contributed by atoms with Gasteiger partial charge in [0, 0.05) is 19.0 Å². The number of carbonyl (C=O) groups is 2. The van der Waals surface area contributed by atoms with Crippen LogP contribution in [0.25, 0.3) is 11.1 Å². The molecule has 0 atom stereocenters. The Morgan fingerprint density at radius 1 is 0.926 bits per heavy atom. The summed E-state index contributed by atoms with van der Waals surface area (Å²) in [6.45, 7) is 1.94. The molecule has 5 rings (SSSR count). The molecule has 0 N–H and O–H groups in total. The number of carbonyl (C=O) groups excluding carboxylic acids is 2. The van der Waals surface area contributed by atoms with Crippen LogP contribution in [0.2, 0.25) is 0 Å². The summed E-state index contributed by atoms with van der Waals surface area (Å²) >= 11 is 0. The summed E-state index contributed by atoms with van der Waals surface area (Å²) in [6, 6.07) is 14.8. The molecule has 3 aromatic rings. The molecule has 1 fully saturated rings. The SMILES string of the molecule is O=C1c2ccccc2C(=O)N1CN1CCC(c2nc3ccccc3o2)CC1. The predicted molar refractivity (Wildman–Crippen MR) is 99.4 cm³/mol. The van der Waals surface area contributed by atoms with Crippen molar-refractivity contribution < 1.29 is 14.0 Å². The van der Waals surface area contributed by atoms with Crippen LogP contribution in [0.4, 0.5) is 0 Å². The monoisotopic (exact) mass is 361 g/mol. The minimum absolute atomic E-state index is 0.198. The molecule has 2 aliphatic rings. The second-order valence-electron chi connectivity index (χ2n) is 7.14. The lowest BCUT2D eigenvalue weighted by molar-refractivity contribution is 0.0507. The lowest BCUT2D eigenvalue weighted by Crippen LogP contribution is -2.44. The van der Waals surface area contributed by atoms with E-state index < -0.39 is 0 Å². The highest BCUT2D eigenvalue weighted by atomic mass is 16.3. The smallest absolute Gasteiger partial charge is 0.262 e. The number of aromatic nitrogens is 1. The minimum atomic E-state index is -0.198. The Morgan fingerprint density at radius 3 is 2.22 bits per heavy atom. The summed E-state index contributed by atoms with van der Waals surface area (Å²) in [5.74, 6) is 0.667. The first-order valence-electron chi connectivity index (χ1n) is 9.24. The molecular formula is C21H19N3O3. The molecule has 1 saturated heterocycles. The number of nitrogens with zero attached hydrogens (tertiary/aromatic N) is 3. The number of likely N-dealkylation sites (tertiary alicyclic amines) is 1. The van der Waals surface area contributed by atoms with Gasteiger partial charge in [-0.05, 0) is 37.1 Å². The fourth-order valence-corrected chi connectivity index (χ4v) is 3.95. The zero-order valence-electron chi connectivity index (χ0n) is 14.8. The Hall–Kier alpha value is -2.99. The van der Waals surface area contributed by atoms with Crippen molar-refractivity contribution >= 4 is 22.9 Å². The van der Waals surface area contributed by atoms with E-state index in [0.29, 0.717) is 17.8 Å². The van der Waals surface area contributed by atoms with Gasteiger partial charge in [-0.25, -0.2) is 4.98 Å². The normalized spacial score (nSPS) is 18.4. The molecule has 1 aromatic heterocycles. The Bertz CT molecular complexity index is 966. The van der Waals surface area contributed by atoms with E-state index in [9.17, 15) is 9.59 Å². The van der Waals surface area contributed by atoms with Crippen LogP contribution in [0.3, 0.4) is 0 Å². The van der Waals surface area contributed by atoms with Gasteiger partial charge in [0.1, 0.15) is 5.52 Å². The third-order valence-electron chi connectivity index (χ3n) is 5.47. The van der Waals surface area contributed by atoms with Crippen molar-refractivity contribution in [1.82, 2.24) is 14.8 Å². The molecule has 0 aliphatic carbocycles. The molecule has 27 heavy (non-hydrogen) atoms. The predicted octanol–water partition coefficient (Wildman–Crippen LogP) is 3.26. The third-order valence-corrected chi connectivity index (χ3v) is 5.47. The molecule has 6 nitrogen and oxygen atoms in total. The number of hydrogen-bond donors (Lipinski definition) is 0. The first kappa shape index (κ1) is 16.2. The van der Waals surface area contributed by atoms with Gasteiger partial charge < -0.3 is 4.42 Å². The lowest BCUT2D eigenvalue weighted by atomic mass is 9.97. The fourth-order valence-electron chi connectivity index (χ4n) is 3.95. The molecule has 2 amide bonds. The molecular weight excluding hydrogens is 342 g/mol. The summed E-state index contributed by atoms with van der Waals surface area (Å²) in [5, 5.41) is 0. The molecule has 0 saturated carbocycles. The van der Waals surface area contributed by atoms with Crippen LogP contribution in [0.5, 0.6) is 0 Å². The standard InChI is InChI=1S/C21H19N3O3/c25-20-15-5-1-2-6-16(15)21(26)24(20)13-23-11-9-14(10-12-23)19-22-17-7-3-4-8-18(17)27-19/h1-8,14H,9-13H2. The van der Waals surface area contributed by atoms with Crippen LogP contribution in [-0.2, 0) is 0 Å². The topological polar surface area (TPSA) is 66.7 Å². The molecule has 2 aromatic carbocycles. The zero-order valence-corrected chi connectivity index (χ0v) is 14.8. The number of fused-ring (bicyclic) bond motifs is 2. The molecule has 0 spiro atoms. The number of benzene rings is 2. The van der Waals surface area contributed by atoms with Gasteiger partial charge in [-0.3, -0.25) is 19.4 Å². The maximum Gasteiger partial charge on any atom is 0.262 e. The van der Waals surface area contributed by atoms with Gasteiger partial charge in [-0.1, -0.05) is 24.3 Å². The largest absolute Gasteiger partial charge is 0.440 e. The van der Waals surface area contributed by atoms with Crippen molar-refractivity contribution in [2.45, 2.75) is 18.8 Å². The van der Waals surface area contributed by atoms with E-state index in [2.05, 4.69) is 9.88 Å². The molecule has 0 unspecified atom stereocenters. The third kappa shape index (κ3) is 2.73. The highest BCUT2D eigenvalue weighted by Crippen LogP contribution is 2.30. The Kier molecular flexibility index (Phi) is 3.79. The van der Waals surface area contributed by atoms with E-state index in [4.69, 9.17) is 4.42 Å². The second-order valence-corrected chi connectivity index (χ2v) is 7.14. The van der Waals surface area contributed by atoms with Crippen molar-refractivity contribution in [2.75, 3.05) is 19.8 Å². The van der Waals surface area contributed by atoms with Gasteiger partial charge in [0.2, 0.25) is 0 Å². The van der Waals surface area contributed by atoms with E-state index >= 15 is 0 Å². The van der Waals surface area contributed by atoms with Gasteiger partial charge in [0.15, 0.2) is 11.5 Å². The van der Waals surface area contributed by atoms with Gasteiger partial charge in [-0.2, -0.15) is 0 Å². The Morgan fingerprint density at radius 2 is 1.56 bits per heavy atom. The Labute approximate surface area is 156 Å². The summed E-state index contributed by atoms with van der Waals surface area (Å²) in [7, 11) is 0. The van der Waals surface area contributed by atoms with Crippen LogP contribution in [0, 0.1) is 0 Å². The first-order chi connectivity index (χ1) is 13.2. The van der Waals surface area contributed by atoms with Crippen molar-refractivity contribution in [3.63, 3.8) is 0 Å². The minimum Gasteiger partial charge on any atom is -0.440 e. The van der Waals surface area contributed by atoms with Crippen LogP contribution < -0.4 is 0 Å². The number of imide groups is 1. The zero-order chi connectivity index (χ0) is 18.4. The van der Waals surface area contributed by atoms with E-state index in [1.165, 1.54) is 4.90 Å². The molecule has 0 bridgehead atoms. The number of oxazole rings is 1. The number of piperidine rings is 1. The van der Waals surface area contributed by atoms with Crippen molar-refractivity contribution in [2.24, 2.45) is 0 Å². The summed E-state index contributed by atoms with van der Waals surface area (Å²) < 4.78 is 5.90. The number of amides is 2. The number of rotatable bonds is 3. The number of para-hydroxylation sites is 2. The Balaban J connectivity index is 1.25. The average Bonchev–Trinajstić information content (AvgIpc) is 3.24. The van der Waals surface area contributed by atoms with Crippen LogP contribution in [0.15, 0.2) is 52.9 Å². The van der Waals surface area contributed by atoms with Crippen molar-refractivity contribution in [3.8, 4) is 0 Å². The van der Waals surface area contributed by atoms with Crippen LogP contribution >= 0.6 is 0 Å². The van der Waals surface area contributed by atoms with Gasteiger partial charge in [0.25, 0.3) is 11.8 Å². The van der Waals surface area contributed by atoms with Crippen molar-refractivity contribution in [3.05, 3.63) is 65.5 Å². The summed E-state index contributed by atoms with van der Waals surface area (Å²) in [5.41, 5.74) is 2.72. The molecule has 136 valence electrons.